The molecule has 4 heteroatoms. The summed E-state index contributed by atoms with van der Waals surface area (Å²) in [5.74, 6) is 1.16. The first-order valence-electron chi connectivity index (χ1n) is 7.71. The van der Waals surface area contributed by atoms with Crippen LogP contribution in [0.25, 0.3) is 0 Å². The number of rotatable bonds is 5. The highest BCUT2D eigenvalue weighted by molar-refractivity contribution is 5.41. The Labute approximate surface area is 117 Å². The van der Waals surface area contributed by atoms with Gasteiger partial charge in [0.1, 0.15) is 0 Å². The fraction of sp³-hybridized carbons (Fsp3) is 0.800. The predicted molar refractivity (Wildman–Crippen MR) is 80.8 cm³/mol. The van der Waals surface area contributed by atoms with Crippen LogP contribution in [0.3, 0.4) is 0 Å². The topological polar surface area (TPSA) is 33.1 Å². The normalized spacial score (nSPS) is 23.9. The molecule has 1 aromatic heterocycles. The second-order valence-corrected chi connectivity index (χ2v) is 5.80. The molecule has 1 aliphatic rings. The quantitative estimate of drug-likeness (QED) is 0.886. The zero-order chi connectivity index (χ0) is 13.8. The van der Waals surface area contributed by atoms with E-state index in [1.165, 1.54) is 18.5 Å². The van der Waals surface area contributed by atoms with Crippen molar-refractivity contribution in [2.75, 3.05) is 18.0 Å². The number of hydrogen-bond acceptors (Lipinski definition) is 3. The Morgan fingerprint density at radius 3 is 2.53 bits per heavy atom. The lowest BCUT2D eigenvalue weighted by molar-refractivity contribution is 0.404. The summed E-state index contributed by atoms with van der Waals surface area (Å²) >= 11 is 0. The molecule has 0 aliphatic carbocycles. The largest absolute Gasteiger partial charge is 0.352 e. The van der Waals surface area contributed by atoms with Gasteiger partial charge in [-0.2, -0.15) is 5.10 Å². The van der Waals surface area contributed by atoms with Crippen molar-refractivity contribution in [3.8, 4) is 0 Å². The molecule has 19 heavy (non-hydrogen) atoms. The molecule has 0 bridgehead atoms. The van der Waals surface area contributed by atoms with Crippen LogP contribution in [0, 0.1) is 0 Å². The molecule has 0 amide bonds. The Hall–Kier alpha value is -1.03. The molecule has 0 spiro atoms. The average Bonchev–Trinajstić information content (AvgIpc) is 2.78. The lowest BCUT2D eigenvalue weighted by Crippen LogP contribution is -2.54. The van der Waals surface area contributed by atoms with Crippen LogP contribution in [-0.4, -0.2) is 35.0 Å². The number of hydrogen-bond donors (Lipinski definition) is 1. The summed E-state index contributed by atoms with van der Waals surface area (Å²) in [4.78, 5) is 2.42. The molecule has 0 aromatic carbocycles. The van der Waals surface area contributed by atoms with E-state index in [0.29, 0.717) is 12.1 Å². The maximum atomic E-state index is 4.83. The third-order valence-corrected chi connectivity index (χ3v) is 3.82. The molecule has 2 rings (SSSR count). The van der Waals surface area contributed by atoms with Gasteiger partial charge < -0.3 is 10.2 Å². The highest BCUT2D eigenvalue weighted by atomic mass is 15.4. The summed E-state index contributed by atoms with van der Waals surface area (Å²) in [5, 5.41) is 8.40. The Balaban J connectivity index is 2.13. The van der Waals surface area contributed by atoms with Crippen molar-refractivity contribution >= 4 is 5.82 Å². The molecule has 1 N–H and O–H groups in total. The van der Waals surface area contributed by atoms with Crippen LogP contribution in [0.5, 0.6) is 0 Å². The highest BCUT2D eigenvalue weighted by Crippen LogP contribution is 2.19. The monoisotopic (exact) mass is 264 g/mol. The van der Waals surface area contributed by atoms with E-state index >= 15 is 0 Å². The van der Waals surface area contributed by atoms with Crippen molar-refractivity contribution in [3.05, 3.63) is 11.8 Å². The van der Waals surface area contributed by atoms with Gasteiger partial charge in [0, 0.05) is 43.5 Å². The van der Waals surface area contributed by atoms with Crippen molar-refractivity contribution in [1.82, 2.24) is 15.1 Å². The Morgan fingerprint density at radius 2 is 1.95 bits per heavy atom. The van der Waals surface area contributed by atoms with Gasteiger partial charge in [-0.25, -0.2) is 0 Å². The molecule has 2 heterocycles. The fourth-order valence-electron chi connectivity index (χ4n) is 2.89. The summed E-state index contributed by atoms with van der Waals surface area (Å²) in [6.07, 6.45) is 3.50. The van der Waals surface area contributed by atoms with E-state index in [4.69, 9.17) is 5.10 Å². The minimum Gasteiger partial charge on any atom is -0.352 e. The highest BCUT2D eigenvalue weighted by Gasteiger charge is 2.23. The third-order valence-electron chi connectivity index (χ3n) is 3.82. The number of aromatic nitrogens is 2. The summed E-state index contributed by atoms with van der Waals surface area (Å²) in [6, 6.07) is 3.35. The molecule has 1 fully saturated rings. The Kier molecular flexibility index (Phi) is 4.86. The first kappa shape index (κ1) is 14.4. The number of anilines is 1. The van der Waals surface area contributed by atoms with E-state index in [1.54, 1.807) is 0 Å². The molecule has 4 nitrogen and oxygen atoms in total. The molecular formula is C15H28N4. The van der Waals surface area contributed by atoms with Crippen LogP contribution < -0.4 is 10.2 Å². The van der Waals surface area contributed by atoms with Crippen LogP contribution in [0.2, 0.25) is 0 Å². The molecule has 1 saturated heterocycles. The van der Waals surface area contributed by atoms with E-state index in [9.17, 15) is 0 Å². The predicted octanol–water partition coefficient (Wildman–Crippen LogP) is 2.43. The van der Waals surface area contributed by atoms with Crippen LogP contribution in [-0.2, 0) is 13.0 Å². The fourth-order valence-corrected chi connectivity index (χ4v) is 2.89. The number of nitrogens with one attached hydrogen (secondary N) is 1. The lowest BCUT2D eigenvalue weighted by atomic mass is 10.1. The van der Waals surface area contributed by atoms with Gasteiger partial charge in [0.15, 0.2) is 5.82 Å². The Bertz CT molecular complexity index is 389. The number of nitrogens with zero attached hydrogens (tertiary/aromatic N) is 3. The van der Waals surface area contributed by atoms with Crippen LogP contribution in [0.4, 0.5) is 5.82 Å². The molecular weight excluding hydrogens is 236 g/mol. The van der Waals surface area contributed by atoms with Gasteiger partial charge in [0.2, 0.25) is 0 Å². The molecule has 1 aromatic rings. The zero-order valence-electron chi connectivity index (χ0n) is 12.8. The van der Waals surface area contributed by atoms with E-state index in [0.717, 1.165) is 31.9 Å². The van der Waals surface area contributed by atoms with Gasteiger partial charge >= 0.3 is 0 Å². The van der Waals surface area contributed by atoms with E-state index in [-0.39, 0.29) is 0 Å². The van der Waals surface area contributed by atoms with E-state index in [2.05, 4.69) is 48.7 Å². The molecule has 1 aliphatic heterocycles. The van der Waals surface area contributed by atoms with E-state index in [1.807, 2.05) is 0 Å². The molecule has 0 saturated carbocycles. The molecule has 0 radical (unpaired) electrons. The van der Waals surface area contributed by atoms with Crippen molar-refractivity contribution in [2.45, 2.75) is 65.6 Å². The van der Waals surface area contributed by atoms with Gasteiger partial charge in [-0.15, -0.1) is 0 Å². The molecule has 2 unspecified atom stereocenters. The summed E-state index contributed by atoms with van der Waals surface area (Å²) < 4.78 is 2.20. The van der Waals surface area contributed by atoms with Crippen molar-refractivity contribution < 1.29 is 0 Å². The Morgan fingerprint density at radius 1 is 1.26 bits per heavy atom. The summed E-state index contributed by atoms with van der Waals surface area (Å²) in [7, 11) is 0. The molecule has 2 atom stereocenters. The van der Waals surface area contributed by atoms with Crippen molar-refractivity contribution in [3.63, 3.8) is 0 Å². The smallest absolute Gasteiger partial charge is 0.150 e. The van der Waals surface area contributed by atoms with Gasteiger partial charge in [0.05, 0.1) is 0 Å². The van der Waals surface area contributed by atoms with Gasteiger partial charge in [-0.1, -0.05) is 20.3 Å². The SMILES string of the molecule is CCCCn1nc(N2CC(C)NC(C)C2)cc1CC. The second-order valence-electron chi connectivity index (χ2n) is 5.80. The maximum absolute atomic E-state index is 4.83. The van der Waals surface area contributed by atoms with Gasteiger partial charge in [-0.3, -0.25) is 4.68 Å². The average molecular weight is 264 g/mol. The number of aryl methyl sites for hydroxylation is 2. The summed E-state index contributed by atoms with van der Waals surface area (Å²) in [6.45, 7) is 12.1. The first-order chi connectivity index (χ1) is 9.13. The first-order valence-corrected chi connectivity index (χ1v) is 7.71. The number of unbranched alkanes of at least 4 members (excludes halogenated alkanes) is 1. The van der Waals surface area contributed by atoms with Gasteiger partial charge in [-0.05, 0) is 26.7 Å². The minimum absolute atomic E-state index is 0.537. The lowest BCUT2D eigenvalue weighted by Gasteiger charge is -2.36. The maximum Gasteiger partial charge on any atom is 0.150 e. The van der Waals surface area contributed by atoms with Crippen molar-refractivity contribution in [1.29, 1.82) is 0 Å². The summed E-state index contributed by atoms with van der Waals surface area (Å²) in [5.41, 5.74) is 1.36. The third kappa shape index (κ3) is 3.50. The zero-order valence-corrected chi connectivity index (χ0v) is 12.8. The van der Waals surface area contributed by atoms with Crippen LogP contribution in [0.1, 0.15) is 46.2 Å². The van der Waals surface area contributed by atoms with Gasteiger partial charge in [0.25, 0.3) is 0 Å². The standard InChI is InChI=1S/C15H28N4/c1-5-7-8-19-14(6-2)9-15(17-19)18-10-12(3)16-13(4)11-18/h9,12-13,16H,5-8,10-11H2,1-4H3. The van der Waals surface area contributed by atoms with Crippen molar-refractivity contribution in [2.24, 2.45) is 0 Å². The van der Waals surface area contributed by atoms with Crippen LogP contribution in [0.15, 0.2) is 6.07 Å². The van der Waals surface area contributed by atoms with E-state index < -0.39 is 0 Å². The number of piperazine rings is 1. The molecule has 108 valence electrons. The van der Waals surface area contributed by atoms with Crippen LogP contribution >= 0.6 is 0 Å². The minimum atomic E-state index is 0.537. The second kappa shape index (κ2) is 6.42.